The second-order valence-electron chi connectivity index (χ2n) is 3.50. The SMILES string of the molecule is Nc1cnc2ccc(Br)cc2c1NCC(=O)O. The Labute approximate surface area is 106 Å². The lowest BCUT2D eigenvalue weighted by molar-refractivity contribution is -0.134. The van der Waals surface area contributed by atoms with Crippen LogP contribution in [0.5, 0.6) is 0 Å². The highest BCUT2D eigenvalue weighted by atomic mass is 79.9. The van der Waals surface area contributed by atoms with Crippen LogP contribution in [0.25, 0.3) is 10.9 Å². The maximum atomic E-state index is 10.6. The predicted octanol–water partition coefficient (Wildman–Crippen LogP) is 2.08. The molecular weight excluding hydrogens is 286 g/mol. The molecule has 0 aliphatic heterocycles. The Balaban J connectivity index is 2.53. The molecular formula is C11H10BrN3O2. The Morgan fingerprint density at radius 2 is 2.29 bits per heavy atom. The minimum absolute atomic E-state index is 0.185. The highest BCUT2D eigenvalue weighted by molar-refractivity contribution is 9.10. The van der Waals surface area contributed by atoms with Gasteiger partial charge in [0, 0.05) is 9.86 Å². The van der Waals surface area contributed by atoms with Crippen molar-refractivity contribution in [3.63, 3.8) is 0 Å². The number of hydrogen-bond acceptors (Lipinski definition) is 4. The fourth-order valence-corrected chi connectivity index (χ4v) is 1.90. The standard InChI is InChI=1S/C11H10BrN3O2/c12-6-1-2-9-7(3-6)11(8(13)4-14-9)15-5-10(16)17/h1-4H,5,13H2,(H,14,15)(H,16,17). The van der Waals surface area contributed by atoms with Crippen LogP contribution in [-0.4, -0.2) is 22.6 Å². The first kappa shape index (κ1) is 11.7. The molecule has 88 valence electrons. The molecule has 2 rings (SSSR count). The smallest absolute Gasteiger partial charge is 0.322 e. The number of carboxylic acids is 1. The van der Waals surface area contributed by atoms with E-state index < -0.39 is 5.97 Å². The number of nitrogens with two attached hydrogens (primary N) is 1. The van der Waals surface area contributed by atoms with Crippen molar-refractivity contribution in [1.82, 2.24) is 4.98 Å². The summed E-state index contributed by atoms with van der Waals surface area (Å²) in [4.78, 5) is 14.7. The van der Waals surface area contributed by atoms with Crippen molar-refractivity contribution in [3.05, 3.63) is 28.9 Å². The normalized spacial score (nSPS) is 10.4. The summed E-state index contributed by atoms with van der Waals surface area (Å²) >= 11 is 3.36. The van der Waals surface area contributed by atoms with Gasteiger partial charge in [-0.25, -0.2) is 0 Å². The predicted molar refractivity (Wildman–Crippen MR) is 70.0 cm³/mol. The third-order valence-electron chi connectivity index (χ3n) is 2.28. The molecule has 5 nitrogen and oxygen atoms in total. The summed E-state index contributed by atoms with van der Waals surface area (Å²) in [7, 11) is 0. The van der Waals surface area contributed by atoms with Gasteiger partial charge in [0.1, 0.15) is 6.54 Å². The van der Waals surface area contributed by atoms with Gasteiger partial charge in [0.05, 0.1) is 23.1 Å². The Morgan fingerprint density at radius 3 is 3.00 bits per heavy atom. The van der Waals surface area contributed by atoms with Crippen molar-refractivity contribution in [2.24, 2.45) is 0 Å². The summed E-state index contributed by atoms with van der Waals surface area (Å²) in [6.45, 7) is -0.185. The first-order valence-corrected chi connectivity index (χ1v) is 5.66. The lowest BCUT2D eigenvalue weighted by Gasteiger charge is -2.10. The molecule has 0 atom stereocenters. The lowest BCUT2D eigenvalue weighted by atomic mass is 10.1. The number of hydrogen-bond donors (Lipinski definition) is 3. The van der Waals surface area contributed by atoms with Crippen molar-refractivity contribution >= 4 is 44.2 Å². The van der Waals surface area contributed by atoms with Gasteiger partial charge in [-0.05, 0) is 18.2 Å². The van der Waals surface area contributed by atoms with Gasteiger partial charge in [-0.2, -0.15) is 0 Å². The number of fused-ring (bicyclic) bond motifs is 1. The van der Waals surface area contributed by atoms with Gasteiger partial charge in [0.25, 0.3) is 0 Å². The molecule has 0 bridgehead atoms. The number of aliphatic carboxylic acids is 1. The Kier molecular flexibility index (Phi) is 3.14. The maximum absolute atomic E-state index is 10.6. The van der Waals surface area contributed by atoms with Gasteiger partial charge in [-0.3, -0.25) is 9.78 Å². The van der Waals surface area contributed by atoms with Crippen LogP contribution >= 0.6 is 15.9 Å². The summed E-state index contributed by atoms with van der Waals surface area (Å²) in [6.07, 6.45) is 1.51. The minimum Gasteiger partial charge on any atom is -0.480 e. The summed E-state index contributed by atoms with van der Waals surface area (Å²) in [5.74, 6) is -0.940. The zero-order valence-corrected chi connectivity index (χ0v) is 10.4. The van der Waals surface area contributed by atoms with Gasteiger partial charge < -0.3 is 16.2 Å². The van der Waals surface area contributed by atoms with E-state index >= 15 is 0 Å². The molecule has 0 radical (unpaired) electrons. The van der Waals surface area contributed by atoms with E-state index in [0.29, 0.717) is 11.4 Å². The first-order valence-electron chi connectivity index (χ1n) is 4.87. The second kappa shape index (κ2) is 4.58. The molecule has 0 fully saturated rings. The Bertz CT molecular complexity index is 581. The number of carboxylic acid groups (broad SMARTS) is 1. The molecule has 17 heavy (non-hydrogen) atoms. The molecule has 0 saturated heterocycles. The van der Waals surface area contributed by atoms with E-state index in [1.165, 1.54) is 6.20 Å². The van der Waals surface area contributed by atoms with E-state index in [2.05, 4.69) is 26.2 Å². The van der Waals surface area contributed by atoms with Crippen LogP contribution in [0.4, 0.5) is 11.4 Å². The molecule has 0 spiro atoms. The van der Waals surface area contributed by atoms with E-state index in [1.54, 1.807) is 0 Å². The fourth-order valence-electron chi connectivity index (χ4n) is 1.54. The van der Waals surface area contributed by atoms with Crippen molar-refractivity contribution in [2.45, 2.75) is 0 Å². The minimum atomic E-state index is -0.940. The topological polar surface area (TPSA) is 88.2 Å². The monoisotopic (exact) mass is 295 g/mol. The van der Waals surface area contributed by atoms with Crippen LogP contribution in [0.15, 0.2) is 28.9 Å². The van der Waals surface area contributed by atoms with E-state index in [4.69, 9.17) is 10.8 Å². The van der Waals surface area contributed by atoms with Crippen molar-refractivity contribution in [2.75, 3.05) is 17.6 Å². The van der Waals surface area contributed by atoms with Crippen molar-refractivity contribution in [1.29, 1.82) is 0 Å². The summed E-state index contributed by atoms with van der Waals surface area (Å²) in [5.41, 5.74) is 7.57. The van der Waals surface area contributed by atoms with Gasteiger partial charge in [-0.15, -0.1) is 0 Å². The molecule has 0 aliphatic rings. The lowest BCUT2D eigenvalue weighted by Crippen LogP contribution is -2.13. The number of rotatable bonds is 3. The van der Waals surface area contributed by atoms with Crippen molar-refractivity contribution in [3.8, 4) is 0 Å². The number of carbonyl (C=O) groups is 1. The zero-order chi connectivity index (χ0) is 12.4. The number of aromatic nitrogens is 1. The van der Waals surface area contributed by atoms with Crippen LogP contribution in [0, 0.1) is 0 Å². The highest BCUT2D eigenvalue weighted by Crippen LogP contribution is 2.29. The molecule has 0 aliphatic carbocycles. The number of halogens is 1. The quantitative estimate of drug-likeness (QED) is 0.807. The fraction of sp³-hybridized carbons (Fsp3) is 0.0909. The average Bonchev–Trinajstić information content (AvgIpc) is 2.27. The van der Waals surface area contributed by atoms with E-state index in [9.17, 15) is 4.79 Å². The molecule has 1 aromatic carbocycles. The van der Waals surface area contributed by atoms with Gasteiger partial charge in [0.2, 0.25) is 0 Å². The molecule has 1 heterocycles. The van der Waals surface area contributed by atoms with E-state index in [1.807, 2.05) is 18.2 Å². The van der Waals surface area contributed by atoms with E-state index in [-0.39, 0.29) is 6.54 Å². The number of benzene rings is 1. The largest absolute Gasteiger partial charge is 0.480 e. The molecule has 4 N–H and O–H groups in total. The summed E-state index contributed by atoms with van der Waals surface area (Å²) in [5, 5.41) is 12.3. The maximum Gasteiger partial charge on any atom is 0.322 e. The van der Waals surface area contributed by atoms with Crippen LogP contribution in [0.2, 0.25) is 0 Å². The molecule has 0 unspecified atom stereocenters. The van der Waals surface area contributed by atoms with Gasteiger partial charge in [-0.1, -0.05) is 15.9 Å². The summed E-state index contributed by atoms with van der Waals surface area (Å²) in [6, 6.07) is 5.56. The molecule has 0 amide bonds. The first-order chi connectivity index (χ1) is 8.08. The number of nitrogen functional groups attached to an aromatic ring is 1. The van der Waals surface area contributed by atoms with Gasteiger partial charge in [0.15, 0.2) is 0 Å². The molecule has 1 aromatic heterocycles. The Hall–Kier alpha value is -1.82. The third-order valence-corrected chi connectivity index (χ3v) is 2.77. The third kappa shape index (κ3) is 2.47. The number of nitrogens with zero attached hydrogens (tertiary/aromatic N) is 1. The summed E-state index contributed by atoms with van der Waals surface area (Å²) < 4.78 is 0.885. The van der Waals surface area contributed by atoms with Crippen LogP contribution in [0.1, 0.15) is 0 Å². The zero-order valence-electron chi connectivity index (χ0n) is 8.77. The molecule has 2 aromatic rings. The Morgan fingerprint density at radius 1 is 1.53 bits per heavy atom. The van der Waals surface area contributed by atoms with Gasteiger partial charge >= 0.3 is 5.97 Å². The van der Waals surface area contributed by atoms with E-state index in [0.717, 1.165) is 15.4 Å². The van der Waals surface area contributed by atoms with Crippen LogP contribution < -0.4 is 11.1 Å². The molecule has 0 saturated carbocycles. The number of nitrogens with one attached hydrogen (secondary N) is 1. The average molecular weight is 296 g/mol. The highest BCUT2D eigenvalue weighted by Gasteiger charge is 2.08. The number of anilines is 2. The second-order valence-corrected chi connectivity index (χ2v) is 4.41. The van der Waals surface area contributed by atoms with Crippen LogP contribution in [0.3, 0.4) is 0 Å². The number of pyridine rings is 1. The molecule has 6 heteroatoms. The van der Waals surface area contributed by atoms with Crippen molar-refractivity contribution < 1.29 is 9.90 Å². The van der Waals surface area contributed by atoms with Crippen LogP contribution in [-0.2, 0) is 4.79 Å².